The lowest BCUT2D eigenvalue weighted by Gasteiger charge is -2.32. The summed E-state index contributed by atoms with van der Waals surface area (Å²) in [6, 6.07) is 12.1. The lowest BCUT2D eigenvalue weighted by molar-refractivity contribution is 0.189. The molecule has 1 aliphatic heterocycles. The molecule has 120 valence electrons. The molecule has 4 rings (SSSR count). The van der Waals surface area contributed by atoms with Crippen LogP contribution >= 0.6 is 0 Å². The van der Waals surface area contributed by atoms with Gasteiger partial charge in [-0.3, -0.25) is 4.98 Å². The number of rotatable bonds is 2. The molecule has 1 saturated heterocycles. The van der Waals surface area contributed by atoms with Gasteiger partial charge in [0.1, 0.15) is 5.41 Å². The van der Waals surface area contributed by atoms with Gasteiger partial charge in [-0.1, -0.05) is 23.4 Å². The van der Waals surface area contributed by atoms with Crippen molar-refractivity contribution in [1.29, 1.82) is 5.26 Å². The number of fused-ring (bicyclic) bond motifs is 1. The second-order valence-electron chi connectivity index (χ2n) is 6.30. The number of pyridine rings is 1. The van der Waals surface area contributed by atoms with Crippen LogP contribution in [0.4, 0.5) is 0 Å². The maximum absolute atomic E-state index is 9.73. The summed E-state index contributed by atoms with van der Waals surface area (Å²) >= 11 is 0. The van der Waals surface area contributed by atoms with Crippen LogP contribution in [-0.4, -0.2) is 40.2 Å². The molecule has 0 unspecified atom stereocenters. The van der Waals surface area contributed by atoms with Gasteiger partial charge in [0, 0.05) is 17.1 Å². The van der Waals surface area contributed by atoms with Gasteiger partial charge in [-0.2, -0.15) is 10.2 Å². The molecule has 0 radical (unpaired) electrons. The highest BCUT2D eigenvalue weighted by Gasteiger charge is 2.41. The lowest BCUT2D eigenvalue weighted by Crippen LogP contribution is -2.40. The minimum Gasteiger partial charge on any atom is -0.337 e. The molecule has 0 aliphatic carbocycles. The fraction of sp³-hybridized carbons (Fsp3) is 0.333. The predicted molar refractivity (Wildman–Crippen MR) is 89.1 cm³/mol. The quantitative estimate of drug-likeness (QED) is 0.722. The smallest absolute Gasteiger partial charge is 0.247 e. The molecule has 0 amide bonds. The summed E-state index contributed by atoms with van der Waals surface area (Å²) in [5.74, 6) is 0.936. The van der Waals surface area contributed by atoms with Gasteiger partial charge in [-0.15, -0.1) is 0 Å². The zero-order valence-corrected chi connectivity index (χ0v) is 13.4. The van der Waals surface area contributed by atoms with Crippen LogP contribution in [0.1, 0.15) is 18.7 Å². The van der Waals surface area contributed by atoms with Crippen LogP contribution in [0.3, 0.4) is 0 Å². The second-order valence-corrected chi connectivity index (χ2v) is 6.30. The summed E-state index contributed by atoms with van der Waals surface area (Å²) in [5.41, 5.74) is 1.08. The van der Waals surface area contributed by atoms with E-state index in [0.29, 0.717) is 24.6 Å². The van der Waals surface area contributed by atoms with Crippen molar-refractivity contribution in [2.45, 2.75) is 18.3 Å². The number of likely N-dealkylation sites (tertiary alicyclic amines) is 1. The van der Waals surface area contributed by atoms with E-state index in [2.05, 4.69) is 33.1 Å². The van der Waals surface area contributed by atoms with Crippen molar-refractivity contribution in [3.63, 3.8) is 0 Å². The van der Waals surface area contributed by atoms with Crippen LogP contribution < -0.4 is 0 Å². The highest BCUT2D eigenvalue weighted by atomic mass is 16.5. The van der Waals surface area contributed by atoms with Gasteiger partial charge in [0.2, 0.25) is 11.7 Å². The third-order valence-electron chi connectivity index (χ3n) is 4.78. The molecule has 3 aromatic rings. The average molecular weight is 319 g/mol. The van der Waals surface area contributed by atoms with Crippen LogP contribution in [0.2, 0.25) is 0 Å². The van der Waals surface area contributed by atoms with Gasteiger partial charge >= 0.3 is 0 Å². The molecule has 3 heterocycles. The van der Waals surface area contributed by atoms with E-state index in [1.54, 1.807) is 6.20 Å². The first-order chi connectivity index (χ1) is 11.7. The second kappa shape index (κ2) is 5.69. The van der Waals surface area contributed by atoms with E-state index in [-0.39, 0.29) is 0 Å². The Kier molecular flexibility index (Phi) is 3.51. The molecule has 2 aromatic heterocycles. The predicted octanol–water partition coefficient (Wildman–Crippen LogP) is 2.77. The van der Waals surface area contributed by atoms with Gasteiger partial charge in [0.15, 0.2) is 0 Å². The van der Waals surface area contributed by atoms with Crippen LogP contribution in [0.5, 0.6) is 0 Å². The SMILES string of the molecule is CN1CCC(C#N)(c2nc(-c3cccc4ncccc34)no2)CC1. The molecule has 6 nitrogen and oxygen atoms in total. The van der Waals surface area contributed by atoms with E-state index in [0.717, 1.165) is 29.6 Å². The Morgan fingerprint density at radius 2 is 2.04 bits per heavy atom. The first-order valence-corrected chi connectivity index (χ1v) is 8.00. The molecule has 0 spiro atoms. The van der Waals surface area contributed by atoms with Crippen LogP contribution in [0.15, 0.2) is 41.1 Å². The van der Waals surface area contributed by atoms with Crippen molar-refractivity contribution >= 4 is 10.9 Å². The summed E-state index contributed by atoms with van der Waals surface area (Å²) in [6.07, 6.45) is 3.18. The summed E-state index contributed by atoms with van der Waals surface area (Å²) in [7, 11) is 2.06. The van der Waals surface area contributed by atoms with Gasteiger partial charge in [0.25, 0.3) is 0 Å². The van der Waals surface area contributed by atoms with Crippen LogP contribution in [-0.2, 0) is 5.41 Å². The molecule has 1 fully saturated rings. The largest absolute Gasteiger partial charge is 0.337 e. The van der Waals surface area contributed by atoms with E-state index in [1.165, 1.54) is 0 Å². The summed E-state index contributed by atoms with van der Waals surface area (Å²) < 4.78 is 5.51. The molecule has 0 bridgehead atoms. The maximum Gasteiger partial charge on any atom is 0.247 e. The Bertz CT molecular complexity index is 913. The molecule has 1 aliphatic rings. The third-order valence-corrected chi connectivity index (χ3v) is 4.78. The van der Waals surface area contributed by atoms with Crippen molar-refractivity contribution in [2.24, 2.45) is 0 Å². The van der Waals surface area contributed by atoms with Crippen LogP contribution in [0, 0.1) is 11.3 Å². The van der Waals surface area contributed by atoms with E-state index in [1.807, 2.05) is 30.3 Å². The number of hydrogen-bond donors (Lipinski definition) is 0. The Hall–Kier alpha value is -2.78. The van der Waals surface area contributed by atoms with Crippen molar-refractivity contribution in [3.8, 4) is 17.5 Å². The van der Waals surface area contributed by atoms with Crippen molar-refractivity contribution in [3.05, 3.63) is 42.4 Å². The summed E-state index contributed by atoms with van der Waals surface area (Å²) in [6.45, 7) is 1.70. The topological polar surface area (TPSA) is 78.8 Å². The van der Waals surface area contributed by atoms with E-state index >= 15 is 0 Å². The van der Waals surface area contributed by atoms with Gasteiger partial charge in [-0.25, -0.2) is 0 Å². The number of piperidine rings is 1. The first-order valence-electron chi connectivity index (χ1n) is 8.00. The Labute approximate surface area is 139 Å². The minimum atomic E-state index is -0.680. The number of aromatic nitrogens is 3. The Balaban J connectivity index is 1.76. The standard InChI is InChI=1S/C18H17N5O/c1-23-10-7-18(12-19,8-11-23)17-21-16(22-24-17)14-4-2-6-15-13(14)5-3-9-20-15/h2-6,9H,7-8,10-11H2,1H3. The first kappa shape index (κ1) is 14.8. The number of nitriles is 1. The maximum atomic E-state index is 9.73. The Morgan fingerprint density at radius 3 is 2.83 bits per heavy atom. The van der Waals surface area contributed by atoms with Gasteiger partial charge in [0.05, 0.1) is 11.6 Å². The van der Waals surface area contributed by atoms with Crippen molar-refractivity contribution < 1.29 is 4.52 Å². The van der Waals surface area contributed by atoms with Crippen molar-refractivity contribution in [1.82, 2.24) is 20.0 Å². The number of hydrogen-bond acceptors (Lipinski definition) is 6. The summed E-state index contributed by atoms with van der Waals surface area (Å²) in [5, 5.41) is 14.8. The van der Waals surface area contributed by atoms with Crippen molar-refractivity contribution in [2.75, 3.05) is 20.1 Å². The number of benzene rings is 1. The summed E-state index contributed by atoms with van der Waals surface area (Å²) in [4.78, 5) is 11.1. The average Bonchev–Trinajstić information content (AvgIpc) is 3.13. The highest BCUT2D eigenvalue weighted by Crippen LogP contribution is 2.35. The zero-order chi connectivity index (χ0) is 16.6. The Morgan fingerprint density at radius 1 is 1.21 bits per heavy atom. The van der Waals surface area contributed by atoms with Gasteiger partial charge < -0.3 is 9.42 Å². The molecule has 0 N–H and O–H groups in total. The molecule has 0 atom stereocenters. The molecular formula is C18H17N5O. The van der Waals surface area contributed by atoms with E-state index in [9.17, 15) is 5.26 Å². The van der Waals surface area contributed by atoms with Crippen LogP contribution in [0.25, 0.3) is 22.3 Å². The molecule has 0 saturated carbocycles. The lowest BCUT2D eigenvalue weighted by atomic mass is 9.80. The number of nitrogens with zero attached hydrogens (tertiary/aromatic N) is 5. The molecule has 24 heavy (non-hydrogen) atoms. The van der Waals surface area contributed by atoms with E-state index < -0.39 is 5.41 Å². The highest BCUT2D eigenvalue weighted by molar-refractivity contribution is 5.92. The molecular weight excluding hydrogens is 302 g/mol. The van der Waals surface area contributed by atoms with E-state index in [4.69, 9.17) is 4.52 Å². The normalized spacial score (nSPS) is 17.7. The fourth-order valence-corrected chi connectivity index (χ4v) is 3.20. The van der Waals surface area contributed by atoms with Gasteiger partial charge in [-0.05, 0) is 45.1 Å². The fourth-order valence-electron chi connectivity index (χ4n) is 3.20. The minimum absolute atomic E-state index is 0.425. The molecule has 6 heteroatoms. The third kappa shape index (κ3) is 2.34. The molecule has 1 aromatic carbocycles. The zero-order valence-electron chi connectivity index (χ0n) is 13.4. The monoisotopic (exact) mass is 319 g/mol.